The fourth-order valence-corrected chi connectivity index (χ4v) is 3.57. The predicted octanol–water partition coefficient (Wildman–Crippen LogP) is 2.56. The second-order valence-corrected chi connectivity index (χ2v) is 6.26. The van der Waals surface area contributed by atoms with Crippen molar-refractivity contribution < 1.29 is 4.79 Å². The third-order valence-electron chi connectivity index (χ3n) is 3.66. The van der Waals surface area contributed by atoms with Gasteiger partial charge in [0.1, 0.15) is 4.83 Å². The largest absolute Gasteiger partial charge is 0.352 e. The van der Waals surface area contributed by atoms with Gasteiger partial charge in [-0.2, -0.15) is 0 Å². The maximum Gasteiger partial charge on any atom is 0.262 e. The van der Waals surface area contributed by atoms with Crippen molar-refractivity contribution in [1.29, 1.82) is 0 Å². The summed E-state index contributed by atoms with van der Waals surface area (Å²) >= 11 is 1.26. The number of nitrogens with zero attached hydrogens (tertiary/aromatic N) is 2. The number of rotatable bonds is 4. The first kappa shape index (κ1) is 15.4. The molecule has 0 aliphatic carbocycles. The average Bonchev–Trinajstić information content (AvgIpc) is 2.89. The molecule has 0 saturated carbocycles. The fourth-order valence-electron chi connectivity index (χ4n) is 2.51. The lowest BCUT2D eigenvalue weighted by molar-refractivity contribution is 0.0959. The molecule has 0 unspecified atom stereocenters. The Bertz CT molecular complexity index is 913. The molecular formula is C17H17N3O2S. The lowest BCUT2D eigenvalue weighted by Crippen LogP contribution is -2.23. The highest BCUT2D eigenvalue weighted by Gasteiger charge is 2.18. The van der Waals surface area contributed by atoms with Gasteiger partial charge in [0.25, 0.3) is 11.5 Å². The van der Waals surface area contributed by atoms with Crippen molar-refractivity contribution in [3.8, 4) is 0 Å². The Hall–Kier alpha value is -2.47. The molecule has 3 aromatic rings. The van der Waals surface area contributed by atoms with Crippen molar-refractivity contribution in [3.05, 3.63) is 63.0 Å². The summed E-state index contributed by atoms with van der Waals surface area (Å²) in [6, 6.07) is 9.76. The number of thiophene rings is 1. The number of aromatic nitrogens is 2. The first-order chi connectivity index (χ1) is 11.1. The van der Waals surface area contributed by atoms with Crippen LogP contribution in [0.25, 0.3) is 10.2 Å². The van der Waals surface area contributed by atoms with Crippen LogP contribution in [-0.2, 0) is 6.54 Å². The van der Waals surface area contributed by atoms with E-state index in [9.17, 15) is 9.59 Å². The van der Waals surface area contributed by atoms with Crippen LogP contribution in [0, 0.1) is 6.92 Å². The number of hydrogen-bond acceptors (Lipinski definition) is 4. The summed E-state index contributed by atoms with van der Waals surface area (Å²) in [6.07, 6.45) is 1.55. The molecule has 118 valence electrons. The van der Waals surface area contributed by atoms with Crippen molar-refractivity contribution in [2.24, 2.45) is 0 Å². The molecule has 0 fully saturated rings. The van der Waals surface area contributed by atoms with Gasteiger partial charge >= 0.3 is 0 Å². The van der Waals surface area contributed by atoms with Crippen molar-refractivity contribution >= 4 is 27.5 Å². The van der Waals surface area contributed by atoms with E-state index in [1.54, 1.807) is 17.8 Å². The molecule has 3 rings (SSSR count). The number of benzene rings is 1. The van der Waals surface area contributed by atoms with Crippen LogP contribution in [0.15, 0.2) is 41.5 Å². The molecule has 0 radical (unpaired) electrons. The molecule has 5 nitrogen and oxygen atoms in total. The van der Waals surface area contributed by atoms with Gasteiger partial charge in [-0.1, -0.05) is 30.3 Å². The molecule has 1 amide bonds. The molecule has 6 heteroatoms. The van der Waals surface area contributed by atoms with Crippen LogP contribution < -0.4 is 10.9 Å². The number of carbonyl (C=O) groups is 1. The van der Waals surface area contributed by atoms with Crippen LogP contribution in [0.1, 0.15) is 27.7 Å². The standard InChI is InChI=1S/C17H17N3O2S/c1-3-18-15(21)14-11(2)13-16(23-14)19-10-20(17(13)22)9-12-7-5-4-6-8-12/h4-8,10H,3,9H2,1-2H3,(H,18,21). The predicted molar refractivity (Wildman–Crippen MR) is 92.2 cm³/mol. The third kappa shape index (κ3) is 2.90. The van der Waals surface area contributed by atoms with Gasteiger partial charge < -0.3 is 5.32 Å². The van der Waals surface area contributed by atoms with Gasteiger partial charge in [0.05, 0.1) is 23.1 Å². The van der Waals surface area contributed by atoms with Crippen LogP contribution in [0.3, 0.4) is 0 Å². The van der Waals surface area contributed by atoms with Crippen LogP contribution in [0.4, 0.5) is 0 Å². The van der Waals surface area contributed by atoms with E-state index >= 15 is 0 Å². The van der Waals surface area contributed by atoms with Crippen LogP contribution in [0.5, 0.6) is 0 Å². The zero-order chi connectivity index (χ0) is 16.4. The van der Waals surface area contributed by atoms with E-state index in [2.05, 4.69) is 10.3 Å². The minimum absolute atomic E-state index is 0.108. The molecular weight excluding hydrogens is 310 g/mol. The number of aryl methyl sites for hydroxylation is 1. The Morgan fingerprint density at radius 2 is 2.04 bits per heavy atom. The van der Waals surface area contributed by atoms with Crippen LogP contribution >= 0.6 is 11.3 Å². The normalized spacial score (nSPS) is 10.9. The molecule has 0 bridgehead atoms. The minimum atomic E-state index is -0.151. The number of nitrogens with one attached hydrogen (secondary N) is 1. The molecule has 0 atom stereocenters. The Morgan fingerprint density at radius 3 is 2.74 bits per heavy atom. The summed E-state index contributed by atoms with van der Waals surface area (Å²) in [6.45, 7) is 4.69. The highest BCUT2D eigenvalue weighted by Crippen LogP contribution is 2.26. The van der Waals surface area contributed by atoms with Crippen molar-refractivity contribution in [3.63, 3.8) is 0 Å². The molecule has 0 aliphatic heterocycles. The summed E-state index contributed by atoms with van der Waals surface area (Å²) < 4.78 is 1.58. The Morgan fingerprint density at radius 1 is 1.30 bits per heavy atom. The van der Waals surface area contributed by atoms with Gasteiger partial charge in [0.15, 0.2) is 0 Å². The smallest absolute Gasteiger partial charge is 0.262 e. The maximum atomic E-state index is 12.7. The Labute approximate surface area is 137 Å². The van der Waals surface area contributed by atoms with Gasteiger partial charge in [0, 0.05) is 6.54 Å². The Balaban J connectivity index is 2.07. The molecule has 23 heavy (non-hydrogen) atoms. The summed E-state index contributed by atoms with van der Waals surface area (Å²) in [5, 5.41) is 3.31. The van der Waals surface area contributed by atoms with E-state index in [1.165, 1.54) is 11.3 Å². The fraction of sp³-hybridized carbons (Fsp3) is 0.235. The number of amides is 1. The minimum Gasteiger partial charge on any atom is -0.352 e. The number of fused-ring (bicyclic) bond motifs is 1. The van der Waals surface area contributed by atoms with Gasteiger partial charge in [-0.25, -0.2) is 4.98 Å². The average molecular weight is 327 g/mol. The molecule has 2 aromatic heterocycles. The molecule has 0 spiro atoms. The van der Waals surface area contributed by atoms with Crippen molar-refractivity contribution in [2.45, 2.75) is 20.4 Å². The quantitative estimate of drug-likeness (QED) is 0.801. The van der Waals surface area contributed by atoms with Crippen LogP contribution in [0.2, 0.25) is 0 Å². The zero-order valence-electron chi connectivity index (χ0n) is 13.0. The number of carbonyl (C=O) groups excluding carboxylic acids is 1. The highest BCUT2D eigenvalue weighted by atomic mass is 32.1. The second kappa shape index (κ2) is 6.34. The summed E-state index contributed by atoms with van der Waals surface area (Å²) in [7, 11) is 0. The third-order valence-corrected chi connectivity index (χ3v) is 4.86. The first-order valence-corrected chi connectivity index (χ1v) is 8.24. The Kier molecular flexibility index (Phi) is 4.25. The summed E-state index contributed by atoms with van der Waals surface area (Å²) in [5.41, 5.74) is 1.63. The van der Waals surface area contributed by atoms with E-state index in [4.69, 9.17) is 0 Å². The van der Waals surface area contributed by atoms with Crippen LogP contribution in [-0.4, -0.2) is 22.0 Å². The summed E-state index contributed by atoms with van der Waals surface area (Å²) in [4.78, 5) is 30.4. The first-order valence-electron chi connectivity index (χ1n) is 7.42. The topological polar surface area (TPSA) is 64.0 Å². The van der Waals surface area contributed by atoms with E-state index < -0.39 is 0 Å². The SMILES string of the molecule is CCNC(=O)c1sc2ncn(Cc3ccccc3)c(=O)c2c1C. The molecule has 2 heterocycles. The zero-order valence-corrected chi connectivity index (χ0v) is 13.8. The van der Waals surface area contributed by atoms with Gasteiger partial charge in [0.2, 0.25) is 0 Å². The summed E-state index contributed by atoms with van der Waals surface area (Å²) in [5.74, 6) is -0.151. The number of hydrogen-bond donors (Lipinski definition) is 1. The molecule has 1 N–H and O–H groups in total. The maximum absolute atomic E-state index is 12.7. The molecule has 0 aliphatic rings. The van der Waals surface area contributed by atoms with Gasteiger partial charge in [-0.3, -0.25) is 14.2 Å². The van der Waals surface area contributed by atoms with E-state index in [-0.39, 0.29) is 11.5 Å². The van der Waals surface area contributed by atoms with E-state index in [0.717, 1.165) is 5.56 Å². The second-order valence-electron chi connectivity index (χ2n) is 5.26. The van der Waals surface area contributed by atoms with Crippen molar-refractivity contribution in [2.75, 3.05) is 6.54 Å². The lowest BCUT2D eigenvalue weighted by atomic mass is 10.2. The van der Waals surface area contributed by atoms with Crippen molar-refractivity contribution in [1.82, 2.24) is 14.9 Å². The van der Waals surface area contributed by atoms with Gasteiger partial charge in [-0.05, 0) is 25.0 Å². The van der Waals surface area contributed by atoms with E-state index in [0.29, 0.717) is 33.7 Å². The highest BCUT2D eigenvalue weighted by molar-refractivity contribution is 7.20. The monoisotopic (exact) mass is 327 g/mol. The molecule has 1 aromatic carbocycles. The van der Waals surface area contributed by atoms with E-state index in [1.807, 2.05) is 37.3 Å². The molecule has 0 saturated heterocycles. The van der Waals surface area contributed by atoms with Gasteiger partial charge in [-0.15, -0.1) is 11.3 Å². The lowest BCUT2D eigenvalue weighted by Gasteiger charge is -2.05.